The fraction of sp³-hybridized carbons (Fsp3) is 0.857. The van der Waals surface area contributed by atoms with Gasteiger partial charge in [-0.3, -0.25) is 0 Å². The monoisotopic (exact) mass is 430 g/mol. The van der Waals surface area contributed by atoms with Gasteiger partial charge in [-0.25, -0.2) is 0 Å². The predicted molar refractivity (Wildman–Crippen MR) is 126 cm³/mol. The van der Waals surface area contributed by atoms with Crippen molar-refractivity contribution >= 4 is 0 Å². The van der Waals surface area contributed by atoms with Gasteiger partial charge in [-0.05, 0) is 79.4 Å². The van der Waals surface area contributed by atoms with E-state index in [2.05, 4.69) is 53.7 Å². The molecule has 4 aliphatic carbocycles. The molecule has 3 heteroatoms. The van der Waals surface area contributed by atoms with Gasteiger partial charge in [0.15, 0.2) is 0 Å². The summed E-state index contributed by atoms with van der Waals surface area (Å²) < 4.78 is 0. The molecule has 10 atom stereocenters. The molecule has 31 heavy (non-hydrogen) atoms. The summed E-state index contributed by atoms with van der Waals surface area (Å²) in [5.74, 6) is 3.37. The zero-order chi connectivity index (χ0) is 22.8. The number of hydrogen-bond donors (Lipinski definition) is 3. The van der Waals surface area contributed by atoms with Crippen LogP contribution in [0.15, 0.2) is 23.8 Å². The van der Waals surface area contributed by atoms with Gasteiger partial charge in [0.1, 0.15) is 11.7 Å². The van der Waals surface area contributed by atoms with Crippen LogP contribution in [0.25, 0.3) is 0 Å². The molecule has 0 amide bonds. The van der Waals surface area contributed by atoms with Crippen molar-refractivity contribution in [3.8, 4) is 0 Å². The van der Waals surface area contributed by atoms with E-state index in [1.54, 1.807) is 0 Å². The second kappa shape index (κ2) is 7.99. The van der Waals surface area contributed by atoms with Crippen LogP contribution in [0.1, 0.15) is 86.5 Å². The molecule has 0 saturated heterocycles. The van der Waals surface area contributed by atoms with Crippen molar-refractivity contribution in [1.29, 1.82) is 0 Å². The van der Waals surface area contributed by atoms with Gasteiger partial charge < -0.3 is 15.3 Å². The van der Waals surface area contributed by atoms with Crippen molar-refractivity contribution in [1.82, 2.24) is 0 Å². The maximum absolute atomic E-state index is 11.6. The summed E-state index contributed by atoms with van der Waals surface area (Å²) in [6.07, 6.45) is 12.1. The summed E-state index contributed by atoms with van der Waals surface area (Å²) in [6, 6.07) is 0. The molecule has 3 N–H and O–H groups in total. The summed E-state index contributed by atoms with van der Waals surface area (Å²) >= 11 is 0. The first-order valence-corrected chi connectivity index (χ1v) is 12.9. The van der Waals surface area contributed by atoms with Crippen LogP contribution in [0.5, 0.6) is 0 Å². The molecule has 0 aliphatic heterocycles. The predicted octanol–water partition coefficient (Wildman–Crippen LogP) is 5.50. The highest BCUT2D eigenvalue weighted by molar-refractivity contribution is 5.33. The van der Waals surface area contributed by atoms with Gasteiger partial charge in [-0.15, -0.1) is 0 Å². The molecule has 4 rings (SSSR count). The SMILES string of the molecule is CC(C)[C@@H](C)/C=C/[C@@H](C)[C@H]1CC[C@H]2C3=C[C@H](O)[C@]4(O)C[C@@H](O)CC[C@@]4(C)[C@@H]3CC[C@@]12C. The van der Waals surface area contributed by atoms with Crippen LogP contribution in [-0.2, 0) is 0 Å². The Bertz CT molecular complexity index is 741. The Morgan fingerprint density at radius 2 is 1.65 bits per heavy atom. The number of allylic oxidation sites excluding steroid dienone is 3. The Morgan fingerprint density at radius 1 is 0.935 bits per heavy atom. The summed E-state index contributed by atoms with van der Waals surface area (Å²) in [6.45, 7) is 14.0. The Balaban J connectivity index is 1.61. The van der Waals surface area contributed by atoms with Crippen LogP contribution in [0, 0.1) is 46.3 Å². The molecule has 3 fully saturated rings. The van der Waals surface area contributed by atoms with Crippen LogP contribution in [0.4, 0.5) is 0 Å². The molecule has 0 radical (unpaired) electrons. The van der Waals surface area contributed by atoms with Crippen molar-refractivity contribution in [3.05, 3.63) is 23.8 Å². The fourth-order valence-corrected chi connectivity index (χ4v) is 8.16. The Kier molecular flexibility index (Phi) is 6.06. The summed E-state index contributed by atoms with van der Waals surface area (Å²) in [4.78, 5) is 0. The summed E-state index contributed by atoms with van der Waals surface area (Å²) in [5.41, 5.74) is 0.160. The van der Waals surface area contributed by atoms with Crippen LogP contribution in [-0.4, -0.2) is 33.1 Å². The van der Waals surface area contributed by atoms with Crippen molar-refractivity contribution < 1.29 is 15.3 Å². The molecule has 3 nitrogen and oxygen atoms in total. The first kappa shape index (κ1) is 23.5. The number of fused-ring (bicyclic) bond motifs is 5. The van der Waals surface area contributed by atoms with Gasteiger partial charge in [0, 0.05) is 11.8 Å². The minimum absolute atomic E-state index is 0.271. The smallest absolute Gasteiger partial charge is 0.102 e. The van der Waals surface area contributed by atoms with Gasteiger partial charge in [-0.1, -0.05) is 65.3 Å². The topological polar surface area (TPSA) is 60.7 Å². The van der Waals surface area contributed by atoms with E-state index in [1.165, 1.54) is 24.8 Å². The third-order valence-electron chi connectivity index (χ3n) is 10.7. The van der Waals surface area contributed by atoms with E-state index < -0.39 is 17.8 Å². The zero-order valence-electron chi connectivity index (χ0n) is 20.6. The van der Waals surface area contributed by atoms with Gasteiger partial charge in [0.25, 0.3) is 0 Å². The number of rotatable bonds is 4. The first-order valence-electron chi connectivity index (χ1n) is 12.9. The lowest BCUT2D eigenvalue weighted by Crippen LogP contribution is -2.65. The maximum atomic E-state index is 11.6. The fourth-order valence-electron chi connectivity index (χ4n) is 8.16. The van der Waals surface area contributed by atoms with Crippen LogP contribution in [0.3, 0.4) is 0 Å². The Labute approximate surface area is 190 Å². The maximum Gasteiger partial charge on any atom is 0.102 e. The number of aliphatic hydroxyl groups excluding tert-OH is 2. The first-order chi connectivity index (χ1) is 14.4. The number of aliphatic hydroxyl groups is 3. The highest BCUT2D eigenvalue weighted by Crippen LogP contribution is 2.67. The Morgan fingerprint density at radius 3 is 2.32 bits per heavy atom. The van der Waals surface area contributed by atoms with E-state index in [0.717, 1.165) is 19.3 Å². The van der Waals surface area contributed by atoms with Gasteiger partial charge in [0.05, 0.1) is 6.10 Å². The molecule has 176 valence electrons. The van der Waals surface area contributed by atoms with Crippen LogP contribution < -0.4 is 0 Å². The summed E-state index contributed by atoms with van der Waals surface area (Å²) in [5, 5.41) is 32.9. The molecule has 0 unspecified atom stereocenters. The molecule has 0 aromatic carbocycles. The van der Waals surface area contributed by atoms with Gasteiger partial charge in [0.2, 0.25) is 0 Å². The molecule has 0 heterocycles. The average Bonchev–Trinajstić information content (AvgIpc) is 3.05. The third-order valence-corrected chi connectivity index (χ3v) is 10.7. The molecule has 4 aliphatic rings. The quantitative estimate of drug-likeness (QED) is 0.516. The molecule has 3 saturated carbocycles. The van der Waals surface area contributed by atoms with Crippen molar-refractivity contribution in [2.75, 3.05) is 0 Å². The van der Waals surface area contributed by atoms with Crippen LogP contribution >= 0.6 is 0 Å². The highest BCUT2D eigenvalue weighted by Gasteiger charge is 2.64. The minimum atomic E-state index is -1.20. The van der Waals surface area contributed by atoms with E-state index in [9.17, 15) is 15.3 Å². The lowest BCUT2D eigenvalue weighted by atomic mass is 9.45. The minimum Gasteiger partial charge on any atom is -0.393 e. The highest BCUT2D eigenvalue weighted by atomic mass is 16.3. The van der Waals surface area contributed by atoms with E-state index in [4.69, 9.17) is 0 Å². The number of hydrogen-bond acceptors (Lipinski definition) is 3. The second-order valence-electron chi connectivity index (χ2n) is 12.5. The van der Waals surface area contributed by atoms with E-state index in [-0.39, 0.29) is 10.8 Å². The molecular weight excluding hydrogens is 384 g/mol. The van der Waals surface area contributed by atoms with E-state index in [1.807, 2.05) is 6.08 Å². The normalized spacial score (nSPS) is 49.4. The van der Waals surface area contributed by atoms with Crippen LogP contribution in [0.2, 0.25) is 0 Å². The lowest BCUT2D eigenvalue weighted by Gasteiger charge is -2.62. The van der Waals surface area contributed by atoms with Gasteiger partial charge >= 0.3 is 0 Å². The lowest BCUT2D eigenvalue weighted by molar-refractivity contribution is -0.210. The molecule has 0 spiro atoms. The molecule has 0 aromatic rings. The second-order valence-corrected chi connectivity index (χ2v) is 12.5. The zero-order valence-corrected chi connectivity index (χ0v) is 20.6. The van der Waals surface area contributed by atoms with Gasteiger partial charge in [-0.2, -0.15) is 0 Å². The molecule has 0 aromatic heterocycles. The standard InChI is InChI=1S/C28H46O3/c1-17(2)18(3)7-8-19(4)22-9-10-23-21-15-25(30)28(31)16-20(29)11-14-27(28,6)24(21)12-13-26(22,23)5/h7-8,15,17-20,22-25,29-31H,9-14,16H2,1-6H3/b8-7+/t18-,19+,20-,22+,23-,24+,25-,26-,27-,28+/m0/s1. The van der Waals surface area contributed by atoms with Crippen molar-refractivity contribution in [2.24, 2.45) is 46.3 Å². The van der Waals surface area contributed by atoms with E-state index in [0.29, 0.717) is 41.9 Å². The molecular formula is C28H46O3. The van der Waals surface area contributed by atoms with Crippen molar-refractivity contribution in [3.63, 3.8) is 0 Å². The van der Waals surface area contributed by atoms with Crippen molar-refractivity contribution in [2.45, 2.75) is 104 Å². The largest absolute Gasteiger partial charge is 0.393 e. The van der Waals surface area contributed by atoms with E-state index >= 15 is 0 Å². The summed E-state index contributed by atoms with van der Waals surface area (Å²) in [7, 11) is 0. The Hall–Kier alpha value is -0.640. The average molecular weight is 431 g/mol. The molecule has 0 bridgehead atoms. The third kappa shape index (κ3) is 3.49.